The van der Waals surface area contributed by atoms with E-state index in [9.17, 15) is 13.9 Å². The molecule has 0 radical (unpaired) electrons. The van der Waals surface area contributed by atoms with Crippen LogP contribution in [0.5, 0.6) is 0 Å². The zero-order valence-electron chi connectivity index (χ0n) is 18.3. The summed E-state index contributed by atoms with van der Waals surface area (Å²) in [5.41, 5.74) is 0.244. The highest BCUT2D eigenvalue weighted by molar-refractivity contribution is 8.27. The Morgan fingerprint density at radius 2 is 2.28 bits per heavy atom. The lowest BCUT2D eigenvalue weighted by Crippen LogP contribution is -2.48. The molecule has 174 valence electrons. The number of aliphatic imine (C=N–C) groups is 1. The Bertz CT molecular complexity index is 1080. The summed E-state index contributed by atoms with van der Waals surface area (Å²) in [5, 5.41) is 9.70. The third-order valence-corrected chi connectivity index (χ3v) is 7.16. The Labute approximate surface area is 188 Å². The van der Waals surface area contributed by atoms with E-state index in [0.717, 1.165) is 5.84 Å². The molecule has 1 unspecified atom stereocenters. The van der Waals surface area contributed by atoms with Crippen LogP contribution in [-0.4, -0.2) is 71.9 Å². The second-order valence-electron chi connectivity index (χ2n) is 8.21. The molecule has 0 spiro atoms. The summed E-state index contributed by atoms with van der Waals surface area (Å²) in [6.07, 6.45) is 8.18. The Morgan fingerprint density at radius 3 is 2.94 bits per heavy atom. The van der Waals surface area contributed by atoms with Crippen molar-refractivity contribution in [3.05, 3.63) is 51.8 Å². The number of aromatic amines is 2. The lowest BCUT2D eigenvalue weighted by molar-refractivity contribution is 0.0321. The quantitative estimate of drug-likeness (QED) is 0.487. The fraction of sp³-hybridized carbons (Fsp3) is 0.476. The number of amidine groups is 1. The Hall–Kier alpha value is -2.60. The van der Waals surface area contributed by atoms with Gasteiger partial charge in [-0.2, -0.15) is 15.7 Å². The molecule has 0 amide bonds. The number of ether oxygens (including phenoxy) is 1. The van der Waals surface area contributed by atoms with Gasteiger partial charge in [0.15, 0.2) is 5.82 Å². The van der Waals surface area contributed by atoms with Crippen LogP contribution in [0, 0.1) is 0 Å². The first kappa shape index (κ1) is 22.6. The van der Waals surface area contributed by atoms with E-state index in [1.807, 2.05) is 6.08 Å². The topological polar surface area (TPSA) is 132 Å². The van der Waals surface area contributed by atoms with Crippen LogP contribution in [0.1, 0.15) is 37.7 Å². The molecule has 0 aliphatic carbocycles. The second-order valence-corrected chi connectivity index (χ2v) is 10.4. The van der Waals surface area contributed by atoms with E-state index in [4.69, 9.17) is 9.73 Å². The fourth-order valence-corrected chi connectivity index (χ4v) is 5.13. The molecule has 4 N–H and O–H groups in total. The Kier molecular flexibility index (Phi) is 6.42. The lowest BCUT2D eigenvalue weighted by Gasteiger charge is -2.38. The molecule has 11 heteroatoms. The first-order chi connectivity index (χ1) is 15.3. The van der Waals surface area contributed by atoms with Crippen molar-refractivity contribution >= 4 is 22.2 Å². The number of hydrogen-bond acceptors (Lipinski definition) is 7. The summed E-state index contributed by atoms with van der Waals surface area (Å²) < 4.78 is 28.1. The molecule has 4 rings (SSSR count). The summed E-state index contributed by atoms with van der Waals surface area (Å²) in [4.78, 5) is 20.6. The molecule has 2 aliphatic heterocycles. The molecule has 2 aliphatic rings. The number of morpholine rings is 1. The van der Waals surface area contributed by atoms with Gasteiger partial charge in [0.05, 0.1) is 31.0 Å². The minimum atomic E-state index is -2.94. The molecule has 2 aromatic heterocycles. The molecule has 2 atom stereocenters. The van der Waals surface area contributed by atoms with Crippen molar-refractivity contribution in [1.29, 1.82) is 0 Å². The van der Waals surface area contributed by atoms with E-state index in [1.54, 1.807) is 23.0 Å². The smallest absolute Gasteiger partial charge is 0.270 e. The SMILES string of the molecule is C=CCC/C(=C/C1CC(N2CCOC[C@H]2C)=Nc2c1c(=O)[nH]n2-c1ccn[nH]1)S(C)(O)O. The van der Waals surface area contributed by atoms with Crippen molar-refractivity contribution in [2.75, 3.05) is 26.0 Å². The summed E-state index contributed by atoms with van der Waals surface area (Å²) in [5.74, 6) is 1.58. The van der Waals surface area contributed by atoms with Crippen LogP contribution in [0.15, 0.2) is 45.7 Å². The number of nitrogens with one attached hydrogen (secondary N) is 2. The first-order valence-electron chi connectivity index (χ1n) is 10.6. The minimum absolute atomic E-state index is 0.145. The summed E-state index contributed by atoms with van der Waals surface area (Å²) >= 11 is 0. The molecule has 0 saturated carbocycles. The number of nitrogens with zero attached hydrogens (tertiary/aromatic N) is 4. The van der Waals surface area contributed by atoms with Crippen LogP contribution in [0.3, 0.4) is 0 Å². The van der Waals surface area contributed by atoms with Gasteiger partial charge in [-0.25, -0.2) is 9.67 Å². The second kappa shape index (κ2) is 9.10. The van der Waals surface area contributed by atoms with Crippen molar-refractivity contribution in [3.8, 4) is 5.82 Å². The van der Waals surface area contributed by atoms with Crippen molar-refractivity contribution in [3.63, 3.8) is 0 Å². The minimum Gasteiger partial charge on any atom is -0.377 e. The number of rotatable bonds is 6. The predicted molar refractivity (Wildman–Crippen MR) is 126 cm³/mol. The largest absolute Gasteiger partial charge is 0.377 e. The monoisotopic (exact) mass is 462 g/mol. The predicted octanol–water partition coefficient (Wildman–Crippen LogP) is 3.36. The molecule has 2 aromatic rings. The Morgan fingerprint density at radius 1 is 1.47 bits per heavy atom. The van der Waals surface area contributed by atoms with Gasteiger partial charge in [-0.1, -0.05) is 12.2 Å². The van der Waals surface area contributed by atoms with Gasteiger partial charge in [0.25, 0.3) is 5.56 Å². The molecule has 32 heavy (non-hydrogen) atoms. The van der Waals surface area contributed by atoms with E-state index in [1.165, 1.54) is 6.26 Å². The van der Waals surface area contributed by atoms with E-state index in [0.29, 0.717) is 61.1 Å². The zero-order chi connectivity index (χ0) is 22.9. The van der Waals surface area contributed by atoms with Crippen molar-refractivity contribution in [1.82, 2.24) is 24.9 Å². The third kappa shape index (κ3) is 4.46. The summed E-state index contributed by atoms with van der Waals surface area (Å²) in [7, 11) is -2.94. The van der Waals surface area contributed by atoms with Crippen LogP contribution in [0.4, 0.5) is 5.82 Å². The highest BCUT2D eigenvalue weighted by Gasteiger charge is 2.34. The average molecular weight is 463 g/mol. The van der Waals surface area contributed by atoms with Gasteiger partial charge in [-0.15, -0.1) is 6.58 Å². The average Bonchev–Trinajstić information content (AvgIpc) is 3.38. The van der Waals surface area contributed by atoms with Gasteiger partial charge in [-0.3, -0.25) is 24.1 Å². The molecule has 0 aromatic carbocycles. The lowest BCUT2D eigenvalue weighted by atomic mass is 9.92. The Balaban J connectivity index is 1.84. The van der Waals surface area contributed by atoms with E-state index < -0.39 is 10.6 Å². The normalized spacial score (nSPS) is 22.4. The molecule has 0 bridgehead atoms. The van der Waals surface area contributed by atoms with Gasteiger partial charge in [0.1, 0.15) is 11.7 Å². The van der Waals surface area contributed by atoms with Gasteiger partial charge >= 0.3 is 0 Å². The zero-order valence-corrected chi connectivity index (χ0v) is 19.1. The summed E-state index contributed by atoms with van der Waals surface area (Å²) in [6.45, 7) is 7.74. The van der Waals surface area contributed by atoms with Crippen LogP contribution >= 0.6 is 10.6 Å². The van der Waals surface area contributed by atoms with Crippen LogP contribution in [0.2, 0.25) is 0 Å². The van der Waals surface area contributed by atoms with Crippen LogP contribution in [-0.2, 0) is 4.74 Å². The van der Waals surface area contributed by atoms with Gasteiger partial charge in [0.2, 0.25) is 0 Å². The van der Waals surface area contributed by atoms with Crippen molar-refractivity contribution in [2.45, 2.75) is 38.1 Å². The van der Waals surface area contributed by atoms with Crippen LogP contribution in [0.25, 0.3) is 5.82 Å². The van der Waals surface area contributed by atoms with Crippen molar-refractivity contribution in [2.24, 2.45) is 4.99 Å². The summed E-state index contributed by atoms with van der Waals surface area (Å²) in [6, 6.07) is 1.90. The third-order valence-electron chi connectivity index (χ3n) is 5.82. The molecule has 4 heterocycles. The molecule has 10 nitrogen and oxygen atoms in total. The molecule has 1 fully saturated rings. The number of H-pyrrole nitrogens is 2. The molecular weight excluding hydrogens is 432 g/mol. The number of allylic oxidation sites excluding steroid dienone is 3. The van der Waals surface area contributed by atoms with Gasteiger partial charge in [0, 0.05) is 36.1 Å². The number of hydrogen-bond donors (Lipinski definition) is 4. The maximum atomic E-state index is 13.0. The van der Waals surface area contributed by atoms with Gasteiger partial charge < -0.3 is 9.64 Å². The highest BCUT2D eigenvalue weighted by atomic mass is 32.3. The van der Waals surface area contributed by atoms with Gasteiger partial charge in [-0.05, 0) is 19.8 Å². The molecular formula is C21H30N6O4S. The first-order valence-corrected chi connectivity index (χ1v) is 12.6. The molecule has 1 saturated heterocycles. The van der Waals surface area contributed by atoms with Crippen molar-refractivity contribution < 1.29 is 13.8 Å². The maximum Gasteiger partial charge on any atom is 0.270 e. The standard InChI is InChI=1S/C21H30N6O4S/c1-4-5-6-16(32(3,29)30)11-15-12-18(26-9-10-31-13-14(26)2)23-20-19(15)21(28)25-27(20)17-7-8-22-24-17/h4,7-8,11,14-15,29-30H,1,5-6,9-10,12-13H2,2-3H3,(H,22,24)(H,25,28)/b16-11-/t14-,15?/m1/s1. The maximum absolute atomic E-state index is 13.0. The number of aromatic nitrogens is 4. The van der Waals surface area contributed by atoms with E-state index in [2.05, 4.69) is 33.7 Å². The van der Waals surface area contributed by atoms with E-state index in [-0.39, 0.29) is 17.5 Å². The fourth-order valence-electron chi connectivity index (χ4n) is 4.20. The van der Waals surface area contributed by atoms with Crippen LogP contribution < -0.4 is 5.56 Å². The number of fused-ring (bicyclic) bond motifs is 1. The van der Waals surface area contributed by atoms with E-state index >= 15 is 0 Å². The highest BCUT2D eigenvalue weighted by Crippen LogP contribution is 2.48.